The van der Waals surface area contributed by atoms with Crippen molar-refractivity contribution in [2.45, 2.75) is 0 Å². The second kappa shape index (κ2) is 3.06. The van der Waals surface area contributed by atoms with Crippen LogP contribution in [0.5, 0.6) is 0 Å². The zero-order valence-corrected chi connectivity index (χ0v) is 5.93. The van der Waals surface area contributed by atoms with Crippen LogP contribution in [0.4, 0.5) is 0 Å². The van der Waals surface area contributed by atoms with Crippen LogP contribution < -0.4 is 14.7 Å². The van der Waals surface area contributed by atoms with Gasteiger partial charge in [-0.25, -0.2) is 0 Å². The summed E-state index contributed by atoms with van der Waals surface area (Å²) in [6.45, 7) is 0. The summed E-state index contributed by atoms with van der Waals surface area (Å²) < 4.78 is 8.55. The average molecular weight is 187 g/mol. The molecule has 0 saturated heterocycles. The van der Waals surface area contributed by atoms with Gasteiger partial charge in [0, 0.05) is 0 Å². The quantitative estimate of drug-likeness (QED) is 0.386. The van der Waals surface area contributed by atoms with E-state index in [9.17, 15) is 0 Å². The van der Waals surface area contributed by atoms with Gasteiger partial charge in [0.25, 0.3) is 0 Å². The Morgan fingerprint density at radius 1 is 1.33 bits per heavy atom. The van der Waals surface area contributed by atoms with Crippen LogP contribution in [0.2, 0.25) is 0 Å². The molecule has 0 unspecified atom stereocenters. The Kier molecular flexibility index (Phi) is 5.13. The summed E-state index contributed by atoms with van der Waals surface area (Å²) in [7, 11) is -5.39. The second-order valence-electron chi connectivity index (χ2n) is 0.447. The van der Waals surface area contributed by atoms with E-state index in [1.54, 1.807) is 0 Å². The molecule has 0 bridgehead atoms. The minimum atomic E-state index is -5.39. The van der Waals surface area contributed by atoms with Crippen molar-refractivity contribution < 1.29 is 46.9 Å². The van der Waals surface area contributed by atoms with Crippen LogP contribution in [0.25, 0.3) is 0 Å². The van der Waals surface area contributed by atoms with Gasteiger partial charge in [0.05, 0.1) is 0 Å². The molecule has 0 aliphatic carbocycles. The Hall–Kier alpha value is 0.993. The smallest absolute Gasteiger partial charge is 1.00 e. The van der Waals surface area contributed by atoms with Gasteiger partial charge >= 0.3 is 26.2 Å². The third-order valence-electron chi connectivity index (χ3n) is 0. The van der Waals surface area contributed by atoms with E-state index in [0.717, 1.165) is 0 Å². The molecule has 6 heavy (non-hydrogen) atoms. The Labute approximate surface area is 55.0 Å². The van der Waals surface area contributed by atoms with Crippen molar-refractivity contribution in [1.29, 1.82) is 0 Å². The summed E-state index contributed by atoms with van der Waals surface area (Å²) >= 11 is 0. The maximum Gasteiger partial charge on any atom is 4.00 e. The summed E-state index contributed by atoms with van der Waals surface area (Å²) in [6, 6.07) is 0. The molecule has 4 nitrogen and oxygen atoms in total. The molecule has 0 aromatic heterocycles. The van der Waals surface area contributed by atoms with Gasteiger partial charge in [0.2, 0.25) is 0 Å². The van der Waals surface area contributed by atoms with Crippen molar-refractivity contribution in [3.8, 4) is 0 Å². The van der Waals surface area contributed by atoms with Crippen LogP contribution in [0, 0.1) is 0 Å². The topological polar surface area (TPSA) is 86.2 Å². The van der Waals surface area contributed by atoms with Gasteiger partial charge < -0.3 is 20.7 Å². The van der Waals surface area contributed by atoms with Gasteiger partial charge in [-0.2, -0.15) is 7.82 Å². The van der Waals surface area contributed by atoms with E-state index < -0.39 is 7.82 Å². The van der Waals surface area contributed by atoms with E-state index in [2.05, 4.69) is 0 Å². The third kappa shape index (κ3) is 80.7. The first-order valence-electron chi connectivity index (χ1n) is 0.730. The molecular formula is HO4PZr. The molecule has 0 rings (SSSR count). The maximum absolute atomic E-state index is 8.55. The Morgan fingerprint density at radius 3 is 1.33 bits per heavy atom. The van der Waals surface area contributed by atoms with E-state index in [0.29, 0.717) is 0 Å². The summed E-state index contributed by atoms with van der Waals surface area (Å²) in [5.74, 6) is 0. The van der Waals surface area contributed by atoms with Crippen molar-refractivity contribution in [2.24, 2.45) is 0 Å². The monoisotopic (exact) mass is 186 g/mol. The van der Waals surface area contributed by atoms with Crippen molar-refractivity contribution >= 4 is 7.82 Å². The first-order valence-corrected chi connectivity index (χ1v) is 2.19. The normalized spacial score (nSPS) is 9.83. The van der Waals surface area contributed by atoms with E-state index in [-0.39, 0.29) is 27.6 Å². The van der Waals surface area contributed by atoms with E-state index in [1.165, 1.54) is 0 Å². The molecule has 0 fully saturated rings. The molecule has 0 heterocycles. The predicted octanol–water partition coefficient (Wildman–Crippen LogP) is -2.71. The molecule has 0 N–H and O–H groups in total. The molecule has 6 heteroatoms. The first kappa shape index (κ1) is 10.1. The fourth-order valence-corrected chi connectivity index (χ4v) is 0. The largest absolute Gasteiger partial charge is 4.00 e. The van der Waals surface area contributed by atoms with Crippen molar-refractivity contribution in [2.75, 3.05) is 0 Å². The van der Waals surface area contributed by atoms with Crippen molar-refractivity contribution in [1.82, 2.24) is 0 Å². The molecule has 0 aliphatic heterocycles. The van der Waals surface area contributed by atoms with Crippen molar-refractivity contribution in [3.05, 3.63) is 0 Å². The number of rotatable bonds is 0. The van der Waals surface area contributed by atoms with Crippen LogP contribution in [-0.2, 0) is 30.8 Å². The fourth-order valence-electron chi connectivity index (χ4n) is 0. The van der Waals surface area contributed by atoms with Crippen molar-refractivity contribution in [3.63, 3.8) is 0 Å². The Bertz CT molecular complexity index is 57.8. The third-order valence-corrected chi connectivity index (χ3v) is 0. The molecule has 0 saturated carbocycles. The fraction of sp³-hybridized carbons (Fsp3) is 0. The SMILES string of the molecule is O=P([O-])([O-])[O-].[H-].[Zr+4]. The van der Waals surface area contributed by atoms with Crippen LogP contribution in [-0.4, -0.2) is 0 Å². The number of hydrogen-bond donors (Lipinski definition) is 0. The van der Waals surface area contributed by atoms with Crippen LogP contribution >= 0.6 is 7.82 Å². The molecule has 0 aromatic rings. The minimum Gasteiger partial charge on any atom is -1.00 e. The standard InChI is InChI=1S/H3O4P.Zr.H/c1-5(2,3)4;;/h(H3,1,2,3,4);;/q;+4;-1/p-3. The van der Waals surface area contributed by atoms with Gasteiger partial charge in [-0.15, -0.1) is 0 Å². The molecule has 0 aromatic carbocycles. The van der Waals surface area contributed by atoms with E-state index in [4.69, 9.17) is 19.2 Å². The Balaban J connectivity index is -0.0000000800. The molecule has 0 amide bonds. The molecule has 0 aliphatic rings. The average Bonchev–Trinajstić information content (AvgIpc) is 0.722. The first-order chi connectivity index (χ1) is 2.00. The number of hydrogen-bond acceptors (Lipinski definition) is 4. The van der Waals surface area contributed by atoms with E-state index >= 15 is 0 Å². The Morgan fingerprint density at radius 2 is 1.33 bits per heavy atom. The summed E-state index contributed by atoms with van der Waals surface area (Å²) in [5, 5.41) is 0. The van der Waals surface area contributed by atoms with Crippen LogP contribution in [0.15, 0.2) is 0 Å². The summed E-state index contributed by atoms with van der Waals surface area (Å²) in [5.41, 5.74) is 0. The van der Waals surface area contributed by atoms with Gasteiger partial charge in [-0.3, -0.25) is 0 Å². The zero-order valence-electron chi connectivity index (χ0n) is 3.58. The maximum atomic E-state index is 8.55. The minimum absolute atomic E-state index is 0. The van der Waals surface area contributed by atoms with Gasteiger partial charge in [-0.1, -0.05) is 0 Å². The van der Waals surface area contributed by atoms with E-state index in [1.807, 2.05) is 0 Å². The van der Waals surface area contributed by atoms with Crippen LogP contribution in [0.1, 0.15) is 1.43 Å². The second-order valence-corrected chi connectivity index (χ2v) is 1.34. The molecule has 0 radical (unpaired) electrons. The summed E-state index contributed by atoms with van der Waals surface area (Å²) in [6.07, 6.45) is 0. The van der Waals surface area contributed by atoms with Crippen LogP contribution in [0.3, 0.4) is 0 Å². The molecule has 34 valence electrons. The van der Waals surface area contributed by atoms with Gasteiger partial charge in [0.15, 0.2) is 0 Å². The van der Waals surface area contributed by atoms with Gasteiger partial charge in [0.1, 0.15) is 0 Å². The summed E-state index contributed by atoms with van der Waals surface area (Å²) in [4.78, 5) is 25.6. The predicted molar refractivity (Wildman–Crippen MR) is 8.72 cm³/mol. The number of phosphoric acid groups is 1. The molecular weight excluding hydrogens is 186 g/mol. The molecule has 0 atom stereocenters. The molecule has 0 spiro atoms. The zero-order chi connectivity index (χ0) is 4.50. The van der Waals surface area contributed by atoms with Gasteiger partial charge in [-0.05, 0) is 0 Å².